The highest BCUT2D eigenvalue weighted by Gasteiger charge is 2.27. The number of terminal acetylenes is 1. The summed E-state index contributed by atoms with van der Waals surface area (Å²) >= 11 is 0. The van der Waals surface area contributed by atoms with Gasteiger partial charge in [0.15, 0.2) is 0 Å². The van der Waals surface area contributed by atoms with E-state index in [1.165, 1.54) is 0 Å². The van der Waals surface area contributed by atoms with E-state index >= 15 is 0 Å². The molecule has 1 heterocycles. The van der Waals surface area contributed by atoms with Gasteiger partial charge in [-0.05, 0) is 25.8 Å². The molecular weight excluding hydrogens is 266 g/mol. The molecular formula is C16H27N3O2. The van der Waals surface area contributed by atoms with Crippen LogP contribution in [0.15, 0.2) is 0 Å². The number of aliphatic hydroxyl groups excluding tert-OH is 1. The van der Waals surface area contributed by atoms with E-state index in [0.29, 0.717) is 19.0 Å². The third-order valence-electron chi connectivity index (χ3n) is 4.61. The lowest BCUT2D eigenvalue weighted by Gasteiger charge is -2.34. The van der Waals surface area contributed by atoms with Crippen molar-refractivity contribution in [2.75, 3.05) is 52.9 Å². The average molecular weight is 293 g/mol. The van der Waals surface area contributed by atoms with Gasteiger partial charge in [0.05, 0.1) is 19.2 Å². The highest BCUT2D eigenvalue weighted by atomic mass is 16.3. The van der Waals surface area contributed by atoms with Crippen molar-refractivity contribution < 1.29 is 9.90 Å². The number of likely N-dealkylation sites (N-methyl/N-ethyl adjacent to an activating group) is 1. The zero-order valence-electron chi connectivity index (χ0n) is 13.0. The van der Waals surface area contributed by atoms with Gasteiger partial charge in [-0.1, -0.05) is 12.3 Å². The molecule has 2 atom stereocenters. The zero-order valence-corrected chi connectivity index (χ0v) is 13.0. The minimum atomic E-state index is -0.185. The Morgan fingerprint density at radius 1 is 1.33 bits per heavy atom. The van der Waals surface area contributed by atoms with Crippen molar-refractivity contribution in [2.24, 2.45) is 5.92 Å². The van der Waals surface area contributed by atoms with Crippen molar-refractivity contribution in [3.63, 3.8) is 0 Å². The van der Waals surface area contributed by atoms with E-state index in [1.54, 1.807) is 0 Å². The number of nitrogens with zero attached hydrogens (tertiary/aromatic N) is 3. The van der Waals surface area contributed by atoms with Gasteiger partial charge in [0.25, 0.3) is 0 Å². The molecule has 5 nitrogen and oxygen atoms in total. The lowest BCUT2D eigenvalue weighted by molar-refractivity contribution is -0.134. The average Bonchev–Trinajstić information content (AvgIpc) is 2.85. The molecule has 2 rings (SSSR count). The van der Waals surface area contributed by atoms with Crippen LogP contribution < -0.4 is 0 Å². The first kappa shape index (κ1) is 16.3. The summed E-state index contributed by atoms with van der Waals surface area (Å²) in [5.41, 5.74) is 0. The maximum atomic E-state index is 12.3. The molecule has 1 saturated heterocycles. The van der Waals surface area contributed by atoms with Gasteiger partial charge < -0.3 is 10.0 Å². The first-order valence-corrected chi connectivity index (χ1v) is 7.90. The number of hydrogen-bond donors (Lipinski definition) is 1. The first-order valence-electron chi connectivity index (χ1n) is 7.90. The SMILES string of the molecule is C#CCN1CCN(C(=O)CN(C)CC2CCCC2O)CC1. The summed E-state index contributed by atoms with van der Waals surface area (Å²) in [5.74, 6) is 3.16. The number of aliphatic hydroxyl groups is 1. The molecule has 5 heteroatoms. The lowest BCUT2D eigenvalue weighted by atomic mass is 10.1. The van der Waals surface area contributed by atoms with Crippen molar-refractivity contribution in [2.45, 2.75) is 25.4 Å². The van der Waals surface area contributed by atoms with E-state index in [1.807, 2.05) is 11.9 Å². The van der Waals surface area contributed by atoms with E-state index in [2.05, 4.69) is 15.7 Å². The number of carbonyl (C=O) groups is 1. The molecule has 0 aromatic rings. The number of rotatable bonds is 5. The van der Waals surface area contributed by atoms with Crippen molar-refractivity contribution >= 4 is 5.91 Å². The second-order valence-electron chi connectivity index (χ2n) is 6.32. The van der Waals surface area contributed by atoms with Gasteiger partial charge in [-0.25, -0.2) is 0 Å². The summed E-state index contributed by atoms with van der Waals surface area (Å²) in [5, 5.41) is 9.86. The molecule has 118 valence electrons. The molecule has 1 aliphatic carbocycles. The fraction of sp³-hybridized carbons (Fsp3) is 0.812. The molecule has 21 heavy (non-hydrogen) atoms. The highest BCUT2D eigenvalue weighted by Crippen LogP contribution is 2.25. The fourth-order valence-electron chi connectivity index (χ4n) is 3.31. The normalized spacial score (nSPS) is 27.0. The Morgan fingerprint density at radius 3 is 2.62 bits per heavy atom. The summed E-state index contributed by atoms with van der Waals surface area (Å²) in [6.07, 6.45) is 8.21. The van der Waals surface area contributed by atoms with Gasteiger partial charge in [-0.2, -0.15) is 0 Å². The molecule has 1 saturated carbocycles. The summed E-state index contributed by atoms with van der Waals surface area (Å²) < 4.78 is 0. The number of amides is 1. The molecule has 0 spiro atoms. The predicted molar refractivity (Wildman–Crippen MR) is 82.7 cm³/mol. The Kier molecular flexibility index (Phi) is 6.04. The first-order chi connectivity index (χ1) is 10.1. The topological polar surface area (TPSA) is 47.0 Å². The Morgan fingerprint density at radius 2 is 2.05 bits per heavy atom. The van der Waals surface area contributed by atoms with E-state index in [-0.39, 0.29) is 12.0 Å². The quantitative estimate of drug-likeness (QED) is 0.717. The molecule has 2 aliphatic rings. The third-order valence-corrected chi connectivity index (χ3v) is 4.61. The summed E-state index contributed by atoms with van der Waals surface area (Å²) in [7, 11) is 1.97. The van der Waals surface area contributed by atoms with Crippen LogP contribution in [-0.4, -0.2) is 84.7 Å². The minimum absolute atomic E-state index is 0.185. The number of carbonyl (C=O) groups excluding carboxylic acids is 1. The van der Waals surface area contributed by atoms with Crippen LogP contribution in [0.5, 0.6) is 0 Å². The maximum Gasteiger partial charge on any atom is 0.236 e. The standard InChI is InChI=1S/C16H27N3O2/c1-3-7-18-8-10-19(11-9-18)16(21)13-17(2)12-14-5-4-6-15(14)20/h1,14-15,20H,4-13H2,2H3. The number of piperazine rings is 1. The molecule has 0 bridgehead atoms. The monoisotopic (exact) mass is 293 g/mol. The largest absolute Gasteiger partial charge is 0.393 e. The molecule has 1 N–H and O–H groups in total. The van der Waals surface area contributed by atoms with Crippen LogP contribution in [0.3, 0.4) is 0 Å². The van der Waals surface area contributed by atoms with Gasteiger partial charge in [0.2, 0.25) is 5.91 Å². The maximum absolute atomic E-state index is 12.3. The molecule has 1 amide bonds. The van der Waals surface area contributed by atoms with Crippen LogP contribution in [0.2, 0.25) is 0 Å². The summed E-state index contributed by atoms with van der Waals surface area (Å²) in [6.45, 7) is 5.17. The van der Waals surface area contributed by atoms with Crippen LogP contribution >= 0.6 is 0 Å². The molecule has 0 aromatic heterocycles. The Balaban J connectivity index is 1.70. The van der Waals surface area contributed by atoms with Crippen LogP contribution in [0, 0.1) is 18.3 Å². The molecule has 1 aliphatic heterocycles. The van der Waals surface area contributed by atoms with Gasteiger partial charge >= 0.3 is 0 Å². The fourth-order valence-corrected chi connectivity index (χ4v) is 3.31. The summed E-state index contributed by atoms with van der Waals surface area (Å²) in [6, 6.07) is 0. The number of hydrogen-bond acceptors (Lipinski definition) is 4. The van der Waals surface area contributed by atoms with E-state index in [4.69, 9.17) is 6.42 Å². The van der Waals surface area contributed by atoms with Crippen LogP contribution in [0.4, 0.5) is 0 Å². The van der Waals surface area contributed by atoms with Gasteiger partial charge in [-0.3, -0.25) is 14.6 Å². The van der Waals surface area contributed by atoms with E-state index < -0.39 is 0 Å². The Bertz CT molecular complexity index is 385. The van der Waals surface area contributed by atoms with Crippen molar-refractivity contribution in [1.82, 2.24) is 14.7 Å². The summed E-state index contributed by atoms with van der Waals surface area (Å²) in [4.78, 5) is 18.5. The van der Waals surface area contributed by atoms with Crippen molar-refractivity contribution in [3.05, 3.63) is 0 Å². The van der Waals surface area contributed by atoms with Gasteiger partial charge in [-0.15, -0.1) is 6.42 Å². The molecule has 2 unspecified atom stereocenters. The third kappa shape index (κ3) is 4.70. The van der Waals surface area contributed by atoms with Gasteiger partial charge in [0, 0.05) is 32.7 Å². The minimum Gasteiger partial charge on any atom is -0.393 e. The highest BCUT2D eigenvalue weighted by molar-refractivity contribution is 5.78. The van der Waals surface area contributed by atoms with Crippen molar-refractivity contribution in [1.29, 1.82) is 0 Å². The zero-order chi connectivity index (χ0) is 15.2. The Labute approximate surface area is 127 Å². The smallest absolute Gasteiger partial charge is 0.236 e. The van der Waals surface area contributed by atoms with Crippen LogP contribution in [-0.2, 0) is 4.79 Å². The second-order valence-corrected chi connectivity index (χ2v) is 6.32. The lowest BCUT2D eigenvalue weighted by Crippen LogP contribution is -2.51. The molecule has 0 aromatic carbocycles. The second kappa shape index (κ2) is 7.79. The molecule has 2 fully saturated rings. The van der Waals surface area contributed by atoms with E-state index in [9.17, 15) is 9.90 Å². The van der Waals surface area contributed by atoms with Crippen molar-refractivity contribution in [3.8, 4) is 12.3 Å². The van der Waals surface area contributed by atoms with E-state index in [0.717, 1.165) is 52.0 Å². The predicted octanol–water partition coefficient (Wildman–Crippen LogP) is -0.143. The van der Waals surface area contributed by atoms with Gasteiger partial charge in [0.1, 0.15) is 0 Å². The Hall–Kier alpha value is -1.09. The van der Waals surface area contributed by atoms with Crippen LogP contribution in [0.1, 0.15) is 19.3 Å². The molecule has 0 radical (unpaired) electrons. The van der Waals surface area contributed by atoms with Crippen LogP contribution in [0.25, 0.3) is 0 Å².